The van der Waals surface area contributed by atoms with E-state index in [1.54, 1.807) is 32.2 Å². The maximum absolute atomic E-state index is 11.4. The zero-order valence-corrected chi connectivity index (χ0v) is 16.7. The molecule has 1 N–H and O–H groups in total. The standard InChI is InChI=1S/C20H23N3O6/c1-10-20(29-11(2)24)14(22-23-21)9-17(28-10)13-6-5-12-15(26-3)7-8-16(27-4)18(12)19(13)25/h5-8,10,14,17,20,25H,9H2,1-4H3/t10-,14-,17-,20-/m1/s1. The number of fused-ring (bicyclic) bond motifs is 1. The second-order valence-corrected chi connectivity index (χ2v) is 6.81. The van der Waals surface area contributed by atoms with Crippen molar-refractivity contribution in [3.63, 3.8) is 0 Å². The van der Waals surface area contributed by atoms with Crippen molar-refractivity contribution in [1.29, 1.82) is 0 Å². The van der Waals surface area contributed by atoms with Crippen molar-refractivity contribution >= 4 is 16.7 Å². The predicted molar refractivity (Wildman–Crippen MR) is 105 cm³/mol. The van der Waals surface area contributed by atoms with Gasteiger partial charge in [-0.2, -0.15) is 0 Å². The lowest BCUT2D eigenvalue weighted by atomic mass is 9.91. The van der Waals surface area contributed by atoms with Crippen LogP contribution in [0.25, 0.3) is 21.2 Å². The lowest BCUT2D eigenvalue weighted by Gasteiger charge is -2.38. The average molecular weight is 401 g/mol. The minimum atomic E-state index is -0.697. The number of nitrogens with zero attached hydrogens (tertiary/aromatic N) is 3. The van der Waals surface area contributed by atoms with Gasteiger partial charge in [-0.05, 0) is 37.1 Å². The lowest BCUT2D eigenvalue weighted by Crippen LogP contribution is -2.45. The molecule has 29 heavy (non-hydrogen) atoms. The molecule has 1 heterocycles. The van der Waals surface area contributed by atoms with E-state index in [1.165, 1.54) is 14.0 Å². The summed E-state index contributed by atoms with van der Waals surface area (Å²) in [5.41, 5.74) is 9.46. The molecule has 1 fully saturated rings. The molecule has 0 amide bonds. The third kappa shape index (κ3) is 3.87. The number of aromatic hydroxyl groups is 1. The molecule has 0 aliphatic carbocycles. The fraction of sp³-hybridized carbons (Fsp3) is 0.450. The van der Waals surface area contributed by atoms with Crippen molar-refractivity contribution in [2.24, 2.45) is 5.11 Å². The first kappa shape index (κ1) is 20.6. The predicted octanol–water partition coefficient (Wildman–Crippen LogP) is 4.02. The molecule has 1 aliphatic rings. The van der Waals surface area contributed by atoms with Gasteiger partial charge in [0.15, 0.2) is 0 Å². The molecule has 1 aliphatic heterocycles. The molecule has 2 aromatic carbocycles. The molecule has 2 aromatic rings. The van der Waals surface area contributed by atoms with Crippen LogP contribution in [0, 0.1) is 0 Å². The number of rotatable bonds is 5. The largest absolute Gasteiger partial charge is 0.507 e. The minimum Gasteiger partial charge on any atom is -0.507 e. The second-order valence-electron chi connectivity index (χ2n) is 6.81. The van der Waals surface area contributed by atoms with E-state index in [2.05, 4.69) is 10.0 Å². The molecular formula is C20H23N3O6. The summed E-state index contributed by atoms with van der Waals surface area (Å²) < 4.78 is 22.1. The van der Waals surface area contributed by atoms with Gasteiger partial charge >= 0.3 is 5.97 Å². The highest BCUT2D eigenvalue weighted by Gasteiger charge is 2.39. The molecule has 0 unspecified atom stereocenters. The fourth-order valence-corrected chi connectivity index (χ4v) is 3.80. The highest BCUT2D eigenvalue weighted by molar-refractivity contribution is 5.98. The van der Waals surface area contributed by atoms with Crippen LogP contribution in [0.5, 0.6) is 17.2 Å². The average Bonchev–Trinajstić information content (AvgIpc) is 2.69. The Hall–Kier alpha value is -3.16. The van der Waals surface area contributed by atoms with Gasteiger partial charge in [0.1, 0.15) is 23.4 Å². The Morgan fingerprint density at radius 1 is 1.24 bits per heavy atom. The summed E-state index contributed by atoms with van der Waals surface area (Å²) in [6.07, 6.45) is -1.54. The molecule has 0 bridgehead atoms. The summed E-state index contributed by atoms with van der Waals surface area (Å²) in [7, 11) is 3.08. The van der Waals surface area contributed by atoms with E-state index < -0.39 is 30.3 Å². The number of methoxy groups -OCH3 is 2. The van der Waals surface area contributed by atoms with Crippen molar-refractivity contribution in [3.8, 4) is 17.2 Å². The first-order valence-electron chi connectivity index (χ1n) is 9.14. The molecule has 154 valence electrons. The van der Waals surface area contributed by atoms with E-state index in [-0.39, 0.29) is 12.2 Å². The van der Waals surface area contributed by atoms with Gasteiger partial charge in [0, 0.05) is 22.8 Å². The van der Waals surface area contributed by atoms with E-state index in [1.807, 2.05) is 6.07 Å². The first-order valence-corrected chi connectivity index (χ1v) is 9.14. The minimum absolute atomic E-state index is 0.000994. The summed E-state index contributed by atoms with van der Waals surface area (Å²) in [4.78, 5) is 14.3. The van der Waals surface area contributed by atoms with Gasteiger partial charge in [-0.3, -0.25) is 4.79 Å². The Kier molecular flexibility index (Phi) is 6.00. The number of carbonyl (C=O) groups excluding carboxylic acids is 1. The monoisotopic (exact) mass is 401 g/mol. The van der Waals surface area contributed by atoms with Crippen molar-refractivity contribution in [1.82, 2.24) is 0 Å². The van der Waals surface area contributed by atoms with Gasteiger partial charge in [0.2, 0.25) is 0 Å². The van der Waals surface area contributed by atoms with E-state index in [9.17, 15) is 9.90 Å². The number of esters is 1. The van der Waals surface area contributed by atoms with E-state index in [4.69, 9.17) is 24.5 Å². The van der Waals surface area contributed by atoms with Gasteiger partial charge < -0.3 is 24.1 Å². The Bertz CT molecular complexity index is 972. The first-order chi connectivity index (χ1) is 13.9. The lowest BCUT2D eigenvalue weighted by molar-refractivity contribution is -0.171. The van der Waals surface area contributed by atoms with Crippen molar-refractivity contribution < 1.29 is 28.8 Å². The molecule has 0 aromatic heterocycles. The number of phenolic OH excluding ortho intramolecular Hbond substituents is 1. The van der Waals surface area contributed by atoms with Gasteiger partial charge in [-0.25, -0.2) is 0 Å². The SMILES string of the molecule is COc1ccc(OC)c2c(O)c([C@H]3C[C@@H](N=[N+]=[N-])[C@H](OC(C)=O)[C@@H](C)O3)ccc12. The normalized spacial score (nSPS) is 23.9. The molecule has 1 saturated heterocycles. The van der Waals surface area contributed by atoms with Crippen LogP contribution in [0.1, 0.15) is 31.9 Å². The summed E-state index contributed by atoms with van der Waals surface area (Å²) in [6.45, 7) is 3.03. The maximum atomic E-state index is 11.4. The second kappa shape index (κ2) is 8.46. The van der Waals surface area contributed by atoms with Crippen LogP contribution in [0.15, 0.2) is 29.4 Å². The highest BCUT2D eigenvalue weighted by Crippen LogP contribution is 2.45. The number of hydrogen-bond donors (Lipinski definition) is 1. The van der Waals surface area contributed by atoms with Crippen LogP contribution < -0.4 is 9.47 Å². The molecule has 0 saturated carbocycles. The summed E-state index contributed by atoms with van der Waals surface area (Å²) >= 11 is 0. The number of benzene rings is 2. The van der Waals surface area contributed by atoms with E-state index in [0.717, 1.165) is 0 Å². The molecule has 0 spiro atoms. The third-order valence-corrected chi connectivity index (χ3v) is 5.07. The number of carbonyl (C=O) groups is 1. The van der Waals surface area contributed by atoms with Gasteiger partial charge in [-0.1, -0.05) is 11.2 Å². The number of hydrogen-bond acceptors (Lipinski definition) is 7. The summed E-state index contributed by atoms with van der Waals surface area (Å²) in [6, 6.07) is 6.42. The molecule has 3 rings (SSSR count). The van der Waals surface area contributed by atoms with Crippen LogP contribution >= 0.6 is 0 Å². The Labute approximate surface area is 167 Å². The Morgan fingerprint density at radius 3 is 2.55 bits per heavy atom. The zero-order chi connectivity index (χ0) is 21.1. The van der Waals surface area contributed by atoms with Crippen molar-refractivity contribution in [3.05, 3.63) is 40.3 Å². The number of ether oxygens (including phenoxy) is 4. The molecule has 0 radical (unpaired) electrons. The van der Waals surface area contributed by atoms with Crippen LogP contribution in [-0.2, 0) is 14.3 Å². The zero-order valence-electron chi connectivity index (χ0n) is 16.7. The third-order valence-electron chi connectivity index (χ3n) is 5.07. The Morgan fingerprint density at radius 2 is 1.93 bits per heavy atom. The molecule has 9 heteroatoms. The van der Waals surface area contributed by atoms with Crippen LogP contribution in [0.3, 0.4) is 0 Å². The van der Waals surface area contributed by atoms with Crippen LogP contribution in [-0.4, -0.2) is 43.5 Å². The van der Waals surface area contributed by atoms with Crippen molar-refractivity contribution in [2.45, 2.75) is 44.6 Å². The summed E-state index contributed by atoms with van der Waals surface area (Å²) in [5, 5.41) is 16.0. The van der Waals surface area contributed by atoms with Crippen LogP contribution in [0.2, 0.25) is 0 Å². The van der Waals surface area contributed by atoms with Gasteiger partial charge in [0.25, 0.3) is 0 Å². The smallest absolute Gasteiger partial charge is 0.303 e. The van der Waals surface area contributed by atoms with Gasteiger partial charge in [-0.15, -0.1) is 0 Å². The van der Waals surface area contributed by atoms with Crippen molar-refractivity contribution in [2.75, 3.05) is 14.2 Å². The quantitative estimate of drug-likeness (QED) is 0.349. The molecule has 4 atom stereocenters. The maximum Gasteiger partial charge on any atom is 0.303 e. The fourth-order valence-electron chi connectivity index (χ4n) is 3.80. The van der Waals surface area contributed by atoms with E-state index >= 15 is 0 Å². The van der Waals surface area contributed by atoms with E-state index in [0.29, 0.717) is 27.8 Å². The Balaban J connectivity index is 2.05. The topological polar surface area (TPSA) is 123 Å². The molecular weight excluding hydrogens is 378 g/mol. The highest BCUT2D eigenvalue weighted by atomic mass is 16.6. The number of azide groups is 1. The van der Waals surface area contributed by atoms with Crippen LogP contribution in [0.4, 0.5) is 0 Å². The summed E-state index contributed by atoms with van der Waals surface area (Å²) in [5.74, 6) is 0.615. The van der Waals surface area contributed by atoms with Gasteiger partial charge in [0.05, 0.1) is 37.9 Å². The molecule has 9 nitrogen and oxygen atoms in total. The number of phenols is 1.